The number of nitrogens with one attached hydrogen (secondary N) is 2. The third-order valence-electron chi connectivity index (χ3n) is 3.83. The van der Waals surface area contributed by atoms with Crippen LogP contribution in [0.15, 0.2) is 11.4 Å². The Morgan fingerprint density at radius 2 is 2.18 bits per heavy atom. The van der Waals surface area contributed by atoms with Crippen molar-refractivity contribution in [2.24, 2.45) is 11.7 Å². The monoisotopic (exact) mass is 345 g/mol. The van der Waals surface area contributed by atoms with Crippen molar-refractivity contribution in [3.63, 3.8) is 0 Å². The molecule has 0 saturated heterocycles. The first-order chi connectivity index (χ1) is 9.99. The smallest absolute Gasteiger partial charge is 0.239 e. The van der Waals surface area contributed by atoms with Crippen molar-refractivity contribution in [2.75, 3.05) is 6.54 Å². The molecular weight excluding hydrogens is 322 g/mol. The predicted molar refractivity (Wildman–Crippen MR) is 91.2 cm³/mol. The molecule has 1 unspecified atom stereocenters. The molecule has 0 fully saturated rings. The van der Waals surface area contributed by atoms with Crippen molar-refractivity contribution in [1.29, 1.82) is 0 Å². The Labute approximate surface area is 141 Å². The van der Waals surface area contributed by atoms with Crippen molar-refractivity contribution in [1.82, 2.24) is 10.6 Å². The van der Waals surface area contributed by atoms with E-state index in [0.717, 1.165) is 19.3 Å². The molecule has 0 radical (unpaired) electrons. The van der Waals surface area contributed by atoms with E-state index in [-0.39, 0.29) is 42.7 Å². The zero-order valence-electron chi connectivity index (χ0n) is 12.9. The lowest BCUT2D eigenvalue weighted by Gasteiger charge is -2.24. The molecule has 2 atom stereocenters. The molecule has 22 heavy (non-hydrogen) atoms. The van der Waals surface area contributed by atoms with Gasteiger partial charge < -0.3 is 16.4 Å². The Morgan fingerprint density at radius 1 is 1.45 bits per heavy atom. The fourth-order valence-electron chi connectivity index (χ4n) is 2.47. The lowest BCUT2D eigenvalue weighted by Crippen LogP contribution is -2.47. The van der Waals surface area contributed by atoms with Crippen molar-refractivity contribution >= 4 is 35.6 Å². The highest BCUT2D eigenvalue weighted by molar-refractivity contribution is 7.10. The lowest BCUT2D eigenvalue weighted by atomic mass is 9.94. The zero-order chi connectivity index (χ0) is 15.4. The third-order valence-corrected chi connectivity index (χ3v) is 4.83. The molecule has 0 aromatic carbocycles. The summed E-state index contributed by atoms with van der Waals surface area (Å²) in [5.74, 6) is -0.386. The number of carbonyl (C=O) groups is 2. The quantitative estimate of drug-likeness (QED) is 0.760. The minimum atomic E-state index is -0.573. The number of aryl methyl sites for hydroxylation is 1. The summed E-state index contributed by atoms with van der Waals surface area (Å²) in [7, 11) is 0. The molecule has 1 aliphatic carbocycles. The average molecular weight is 346 g/mol. The zero-order valence-corrected chi connectivity index (χ0v) is 14.6. The van der Waals surface area contributed by atoms with E-state index in [1.165, 1.54) is 10.4 Å². The summed E-state index contributed by atoms with van der Waals surface area (Å²) in [4.78, 5) is 25.1. The normalized spacial score (nSPS) is 18.1. The molecule has 0 aliphatic heterocycles. The van der Waals surface area contributed by atoms with Gasteiger partial charge in [-0.2, -0.15) is 0 Å². The van der Waals surface area contributed by atoms with Crippen LogP contribution in [-0.4, -0.2) is 24.4 Å². The van der Waals surface area contributed by atoms with Gasteiger partial charge in [-0.3, -0.25) is 9.59 Å². The number of nitrogens with two attached hydrogens (primary N) is 1. The van der Waals surface area contributed by atoms with Crippen LogP contribution in [0.4, 0.5) is 0 Å². The molecule has 5 nitrogen and oxygen atoms in total. The van der Waals surface area contributed by atoms with E-state index in [4.69, 9.17) is 5.73 Å². The van der Waals surface area contributed by atoms with E-state index in [1.807, 2.05) is 13.8 Å². The van der Waals surface area contributed by atoms with Gasteiger partial charge in [-0.1, -0.05) is 13.8 Å². The molecule has 2 amide bonds. The van der Waals surface area contributed by atoms with Crippen molar-refractivity contribution in [3.05, 3.63) is 21.9 Å². The standard InChI is InChI=1S/C15H23N3O2S.ClH/c1-9(2)14(16)15(20)17-8-13(19)18-11-4-3-5-12-10(11)6-7-21-12;/h6-7,9,11,14H,3-5,8,16H2,1-2H3,(H,17,20)(H,18,19);1H/t11?,14-;/m0./s1. The second-order valence-electron chi connectivity index (χ2n) is 5.80. The Morgan fingerprint density at radius 3 is 2.86 bits per heavy atom. The molecule has 2 rings (SSSR count). The van der Waals surface area contributed by atoms with E-state index in [2.05, 4.69) is 22.1 Å². The van der Waals surface area contributed by atoms with Gasteiger partial charge in [0.15, 0.2) is 0 Å². The molecule has 1 aliphatic rings. The van der Waals surface area contributed by atoms with Gasteiger partial charge in [-0.05, 0) is 42.2 Å². The number of amides is 2. The number of carbonyl (C=O) groups excluding carboxylic acids is 2. The molecule has 124 valence electrons. The number of hydrogen-bond acceptors (Lipinski definition) is 4. The SMILES string of the molecule is CC(C)[C@H](N)C(=O)NCC(=O)NC1CCCc2sccc21.Cl. The number of fused-ring (bicyclic) bond motifs is 1. The molecule has 1 heterocycles. The first kappa shape index (κ1) is 18.9. The fourth-order valence-corrected chi connectivity index (χ4v) is 3.46. The Kier molecular flexibility index (Phi) is 7.32. The molecule has 1 aromatic heterocycles. The van der Waals surface area contributed by atoms with Crippen LogP contribution in [0.1, 0.15) is 43.2 Å². The average Bonchev–Trinajstić information content (AvgIpc) is 2.93. The van der Waals surface area contributed by atoms with Crippen molar-refractivity contribution in [2.45, 2.75) is 45.2 Å². The summed E-state index contributed by atoms with van der Waals surface area (Å²) in [6.45, 7) is 3.74. The maximum absolute atomic E-state index is 12.0. The second-order valence-corrected chi connectivity index (χ2v) is 6.80. The Balaban J connectivity index is 0.00000242. The van der Waals surface area contributed by atoms with Crippen LogP contribution in [0.3, 0.4) is 0 Å². The summed E-state index contributed by atoms with van der Waals surface area (Å²) in [6, 6.07) is 1.58. The summed E-state index contributed by atoms with van der Waals surface area (Å²) in [5.41, 5.74) is 6.96. The van der Waals surface area contributed by atoms with Crippen LogP contribution in [0, 0.1) is 5.92 Å². The van der Waals surface area contributed by atoms with Crippen LogP contribution in [0.25, 0.3) is 0 Å². The largest absolute Gasteiger partial charge is 0.348 e. The highest BCUT2D eigenvalue weighted by Crippen LogP contribution is 2.33. The number of halogens is 1. The van der Waals surface area contributed by atoms with Gasteiger partial charge in [0.05, 0.1) is 18.6 Å². The van der Waals surface area contributed by atoms with Crippen LogP contribution >= 0.6 is 23.7 Å². The number of thiophene rings is 1. The predicted octanol–water partition coefficient (Wildman–Crippen LogP) is 1.76. The number of rotatable bonds is 5. The first-order valence-electron chi connectivity index (χ1n) is 7.38. The van der Waals surface area contributed by atoms with Crippen LogP contribution in [-0.2, 0) is 16.0 Å². The van der Waals surface area contributed by atoms with E-state index in [1.54, 1.807) is 11.3 Å². The van der Waals surface area contributed by atoms with Gasteiger partial charge in [0, 0.05) is 4.88 Å². The molecular formula is C15H24ClN3O2S. The molecule has 7 heteroatoms. The molecule has 4 N–H and O–H groups in total. The van der Waals surface area contributed by atoms with Gasteiger partial charge in [-0.15, -0.1) is 23.7 Å². The fraction of sp³-hybridized carbons (Fsp3) is 0.600. The van der Waals surface area contributed by atoms with E-state index >= 15 is 0 Å². The minimum absolute atomic E-state index is 0. The van der Waals surface area contributed by atoms with Gasteiger partial charge in [0.1, 0.15) is 0 Å². The van der Waals surface area contributed by atoms with E-state index in [0.29, 0.717) is 0 Å². The first-order valence-corrected chi connectivity index (χ1v) is 8.26. The Bertz CT molecular complexity index is 519. The summed E-state index contributed by atoms with van der Waals surface area (Å²) in [6.07, 6.45) is 3.14. The van der Waals surface area contributed by atoms with E-state index < -0.39 is 6.04 Å². The molecule has 0 saturated carbocycles. The van der Waals surface area contributed by atoms with Crippen LogP contribution < -0.4 is 16.4 Å². The van der Waals surface area contributed by atoms with Crippen molar-refractivity contribution in [3.8, 4) is 0 Å². The van der Waals surface area contributed by atoms with E-state index in [9.17, 15) is 9.59 Å². The minimum Gasteiger partial charge on any atom is -0.348 e. The maximum Gasteiger partial charge on any atom is 0.239 e. The van der Waals surface area contributed by atoms with Gasteiger partial charge in [-0.25, -0.2) is 0 Å². The maximum atomic E-state index is 12.0. The van der Waals surface area contributed by atoms with Gasteiger partial charge >= 0.3 is 0 Å². The third kappa shape index (κ3) is 4.69. The highest BCUT2D eigenvalue weighted by atomic mass is 35.5. The number of hydrogen-bond donors (Lipinski definition) is 3. The van der Waals surface area contributed by atoms with Crippen LogP contribution in [0.5, 0.6) is 0 Å². The molecule has 1 aromatic rings. The van der Waals surface area contributed by atoms with Crippen molar-refractivity contribution < 1.29 is 9.59 Å². The van der Waals surface area contributed by atoms with Gasteiger partial charge in [0.2, 0.25) is 11.8 Å². The van der Waals surface area contributed by atoms with Gasteiger partial charge in [0.25, 0.3) is 0 Å². The summed E-state index contributed by atoms with van der Waals surface area (Å²) in [5, 5.41) is 7.66. The topological polar surface area (TPSA) is 84.2 Å². The van der Waals surface area contributed by atoms with Crippen LogP contribution in [0.2, 0.25) is 0 Å². The summed E-state index contributed by atoms with van der Waals surface area (Å²) < 4.78 is 0. The Hall–Kier alpha value is -1.11. The lowest BCUT2D eigenvalue weighted by molar-refractivity contribution is -0.127. The highest BCUT2D eigenvalue weighted by Gasteiger charge is 2.23. The molecule has 0 bridgehead atoms. The molecule has 0 spiro atoms. The second kappa shape index (κ2) is 8.50. The summed E-state index contributed by atoms with van der Waals surface area (Å²) >= 11 is 1.74.